The number of nitrogens with two attached hydrogens (primary N) is 1. The molecule has 2 amide bonds. The van der Waals surface area contributed by atoms with Gasteiger partial charge in [-0.1, -0.05) is 29.8 Å². The Hall–Kier alpha value is -2.53. The van der Waals surface area contributed by atoms with E-state index in [1.54, 1.807) is 39.0 Å². The summed E-state index contributed by atoms with van der Waals surface area (Å²) < 4.78 is 5.21. The Labute approximate surface area is 152 Å². The van der Waals surface area contributed by atoms with Crippen LogP contribution in [0.3, 0.4) is 0 Å². The van der Waals surface area contributed by atoms with E-state index < -0.39 is 17.6 Å². The van der Waals surface area contributed by atoms with Gasteiger partial charge in [-0.2, -0.15) is 0 Å². The van der Waals surface area contributed by atoms with Crippen molar-refractivity contribution < 1.29 is 14.3 Å². The molecule has 132 valence electrons. The van der Waals surface area contributed by atoms with Gasteiger partial charge < -0.3 is 15.8 Å². The number of hydrogen-bond acceptors (Lipinski definition) is 3. The molecule has 2 aromatic rings. The maximum atomic E-state index is 11.8. The summed E-state index contributed by atoms with van der Waals surface area (Å²) in [4.78, 5) is 23.1. The fraction of sp³-hybridized carbons (Fsp3) is 0.263. The van der Waals surface area contributed by atoms with E-state index in [1.165, 1.54) is 0 Å². The second-order valence-electron chi connectivity index (χ2n) is 6.61. The third-order valence-electron chi connectivity index (χ3n) is 3.32. The summed E-state index contributed by atoms with van der Waals surface area (Å²) in [6.07, 6.45) is -0.480. The van der Waals surface area contributed by atoms with E-state index >= 15 is 0 Å². The first-order valence-electron chi connectivity index (χ1n) is 7.81. The molecule has 0 spiro atoms. The molecule has 0 aliphatic carbocycles. The van der Waals surface area contributed by atoms with Crippen molar-refractivity contribution in [2.75, 3.05) is 0 Å². The van der Waals surface area contributed by atoms with Crippen LogP contribution in [0.5, 0.6) is 0 Å². The van der Waals surface area contributed by atoms with Gasteiger partial charge in [0, 0.05) is 22.7 Å². The zero-order valence-corrected chi connectivity index (χ0v) is 15.2. The minimum absolute atomic E-state index is 0.315. The molecule has 0 bridgehead atoms. The van der Waals surface area contributed by atoms with Gasteiger partial charge in [-0.15, -0.1) is 0 Å². The molecule has 0 saturated heterocycles. The van der Waals surface area contributed by atoms with Crippen LogP contribution in [0.25, 0.3) is 11.1 Å². The summed E-state index contributed by atoms with van der Waals surface area (Å²) >= 11 is 6.25. The Bertz CT molecular complexity index is 797. The SMILES string of the molecule is CC(C)(C)OC(=O)NCc1cccc(-c2cc(C(N)=O)ccc2Cl)c1. The van der Waals surface area contributed by atoms with E-state index in [-0.39, 0.29) is 0 Å². The molecule has 0 saturated carbocycles. The van der Waals surface area contributed by atoms with Crippen molar-refractivity contribution in [3.8, 4) is 11.1 Å². The van der Waals surface area contributed by atoms with Crippen LogP contribution in [0, 0.1) is 0 Å². The maximum Gasteiger partial charge on any atom is 0.407 e. The molecule has 0 aliphatic rings. The van der Waals surface area contributed by atoms with Crippen LogP contribution in [0.2, 0.25) is 5.02 Å². The fourth-order valence-electron chi connectivity index (χ4n) is 2.24. The molecule has 0 aliphatic heterocycles. The molecule has 2 aromatic carbocycles. The van der Waals surface area contributed by atoms with Gasteiger partial charge in [-0.3, -0.25) is 4.79 Å². The largest absolute Gasteiger partial charge is 0.444 e. The third kappa shape index (κ3) is 5.50. The number of carbonyl (C=O) groups excluding carboxylic acids is 2. The van der Waals surface area contributed by atoms with Gasteiger partial charge in [0.05, 0.1) is 0 Å². The summed E-state index contributed by atoms with van der Waals surface area (Å²) in [6, 6.07) is 12.4. The van der Waals surface area contributed by atoms with Crippen LogP contribution < -0.4 is 11.1 Å². The Morgan fingerprint density at radius 2 is 1.88 bits per heavy atom. The summed E-state index contributed by atoms with van der Waals surface area (Å²) in [5.41, 5.74) is 7.58. The van der Waals surface area contributed by atoms with E-state index in [2.05, 4.69) is 5.32 Å². The fourth-order valence-corrected chi connectivity index (χ4v) is 2.46. The Balaban J connectivity index is 2.18. The molecule has 0 heterocycles. The normalized spacial score (nSPS) is 11.0. The average Bonchev–Trinajstić information content (AvgIpc) is 2.52. The van der Waals surface area contributed by atoms with Crippen LogP contribution in [-0.4, -0.2) is 17.6 Å². The van der Waals surface area contributed by atoms with Crippen molar-refractivity contribution in [1.82, 2.24) is 5.32 Å². The lowest BCUT2D eigenvalue weighted by atomic mass is 10.0. The van der Waals surface area contributed by atoms with E-state index in [9.17, 15) is 9.59 Å². The Morgan fingerprint density at radius 3 is 2.52 bits per heavy atom. The van der Waals surface area contributed by atoms with Gasteiger partial charge in [0.15, 0.2) is 0 Å². The number of primary amides is 1. The van der Waals surface area contributed by atoms with Gasteiger partial charge in [-0.25, -0.2) is 4.79 Å². The lowest BCUT2D eigenvalue weighted by Gasteiger charge is -2.19. The Kier molecular flexibility index (Phi) is 5.69. The predicted octanol–water partition coefficient (Wildman–Crippen LogP) is 4.13. The second kappa shape index (κ2) is 7.57. The Morgan fingerprint density at radius 1 is 1.16 bits per heavy atom. The monoisotopic (exact) mass is 360 g/mol. The zero-order chi connectivity index (χ0) is 18.6. The topological polar surface area (TPSA) is 81.4 Å². The molecule has 5 nitrogen and oxygen atoms in total. The van der Waals surface area contributed by atoms with Crippen molar-refractivity contribution >= 4 is 23.6 Å². The molecule has 0 fully saturated rings. The first kappa shape index (κ1) is 18.8. The maximum absolute atomic E-state index is 11.8. The highest BCUT2D eigenvalue weighted by atomic mass is 35.5. The van der Waals surface area contributed by atoms with Crippen molar-refractivity contribution in [3.63, 3.8) is 0 Å². The first-order chi connectivity index (χ1) is 11.7. The summed E-state index contributed by atoms with van der Waals surface area (Å²) in [5, 5.41) is 3.23. The first-order valence-corrected chi connectivity index (χ1v) is 8.19. The smallest absolute Gasteiger partial charge is 0.407 e. The number of nitrogens with one attached hydrogen (secondary N) is 1. The molecule has 0 radical (unpaired) electrons. The van der Waals surface area contributed by atoms with E-state index in [1.807, 2.05) is 24.3 Å². The van der Waals surface area contributed by atoms with Gasteiger partial charge in [0.1, 0.15) is 5.60 Å². The van der Waals surface area contributed by atoms with Crippen LogP contribution in [0.4, 0.5) is 4.79 Å². The lowest BCUT2D eigenvalue weighted by molar-refractivity contribution is 0.0523. The highest BCUT2D eigenvalue weighted by Crippen LogP contribution is 2.29. The number of hydrogen-bond donors (Lipinski definition) is 2. The van der Waals surface area contributed by atoms with Gasteiger partial charge in [-0.05, 0) is 56.2 Å². The summed E-state index contributed by atoms with van der Waals surface area (Å²) in [7, 11) is 0. The van der Waals surface area contributed by atoms with E-state index in [4.69, 9.17) is 22.1 Å². The number of amides is 2. The van der Waals surface area contributed by atoms with Gasteiger partial charge in [0.2, 0.25) is 5.91 Å². The molecule has 25 heavy (non-hydrogen) atoms. The van der Waals surface area contributed by atoms with Crippen molar-refractivity contribution in [1.29, 1.82) is 0 Å². The molecule has 2 rings (SSSR count). The average molecular weight is 361 g/mol. The number of benzene rings is 2. The van der Waals surface area contributed by atoms with Crippen LogP contribution in [0.1, 0.15) is 36.7 Å². The summed E-state index contributed by atoms with van der Waals surface area (Å²) in [6.45, 7) is 5.73. The minimum atomic E-state index is -0.547. The minimum Gasteiger partial charge on any atom is -0.444 e. The number of carbonyl (C=O) groups is 2. The summed E-state index contributed by atoms with van der Waals surface area (Å²) in [5.74, 6) is -0.513. The standard InChI is InChI=1S/C19H21ClN2O3/c1-19(2,3)25-18(24)22-11-12-5-4-6-13(9-12)15-10-14(17(21)23)7-8-16(15)20/h4-10H,11H2,1-3H3,(H2,21,23)(H,22,24). The van der Waals surface area contributed by atoms with Crippen LogP contribution >= 0.6 is 11.6 Å². The molecule has 0 atom stereocenters. The molecular formula is C19H21ClN2O3. The third-order valence-corrected chi connectivity index (χ3v) is 3.65. The molecule has 3 N–H and O–H groups in total. The van der Waals surface area contributed by atoms with E-state index in [0.717, 1.165) is 11.1 Å². The van der Waals surface area contributed by atoms with Crippen molar-refractivity contribution in [2.45, 2.75) is 32.9 Å². The predicted molar refractivity (Wildman–Crippen MR) is 98.5 cm³/mol. The van der Waals surface area contributed by atoms with Gasteiger partial charge in [0.25, 0.3) is 0 Å². The quantitative estimate of drug-likeness (QED) is 0.860. The molecule has 6 heteroatoms. The van der Waals surface area contributed by atoms with Crippen molar-refractivity contribution in [2.24, 2.45) is 5.73 Å². The highest BCUT2D eigenvalue weighted by Gasteiger charge is 2.16. The molecule has 0 aromatic heterocycles. The molecule has 0 unspecified atom stereocenters. The number of halogens is 1. The van der Waals surface area contributed by atoms with Crippen LogP contribution in [0.15, 0.2) is 42.5 Å². The lowest BCUT2D eigenvalue weighted by Crippen LogP contribution is -2.32. The van der Waals surface area contributed by atoms with Crippen molar-refractivity contribution in [3.05, 3.63) is 58.6 Å². The zero-order valence-electron chi connectivity index (χ0n) is 14.4. The van der Waals surface area contributed by atoms with Crippen LogP contribution in [-0.2, 0) is 11.3 Å². The van der Waals surface area contributed by atoms with Gasteiger partial charge >= 0.3 is 6.09 Å². The number of ether oxygens (including phenoxy) is 1. The number of alkyl carbamates (subject to hydrolysis) is 1. The number of rotatable bonds is 4. The molecular weight excluding hydrogens is 340 g/mol. The van der Waals surface area contributed by atoms with E-state index in [0.29, 0.717) is 22.7 Å². The highest BCUT2D eigenvalue weighted by molar-refractivity contribution is 6.33. The second-order valence-corrected chi connectivity index (χ2v) is 7.02.